The van der Waals surface area contributed by atoms with E-state index in [1.165, 1.54) is 38.5 Å². The Morgan fingerprint density at radius 2 is 1.90 bits per heavy atom. The molecular weight excluding hydrogens is 262 g/mol. The van der Waals surface area contributed by atoms with E-state index in [4.69, 9.17) is 9.47 Å². The van der Waals surface area contributed by atoms with Crippen LogP contribution in [0.3, 0.4) is 0 Å². The van der Waals surface area contributed by atoms with Gasteiger partial charge >= 0.3 is 0 Å². The van der Waals surface area contributed by atoms with Gasteiger partial charge in [0.15, 0.2) is 0 Å². The summed E-state index contributed by atoms with van der Waals surface area (Å²) >= 11 is 0. The Balaban J connectivity index is 1.69. The molecule has 0 amide bonds. The molecule has 1 aliphatic carbocycles. The highest BCUT2D eigenvalue weighted by molar-refractivity contribution is 5.02. The molecule has 3 rings (SSSR count). The summed E-state index contributed by atoms with van der Waals surface area (Å²) in [6.07, 6.45) is 8.42. The van der Waals surface area contributed by atoms with Crippen LogP contribution in [0.25, 0.3) is 0 Å². The molecule has 2 heterocycles. The minimum absolute atomic E-state index is 0.0753. The normalized spacial score (nSPS) is 39.3. The Bertz CT molecular complexity index is 364. The highest BCUT2D eigenvalue weighted by Crippen LogP contribution is 2.51. The van der Waals surface area contributed by atoms with Gasteiger partial charge in [-0.2, -0.15) is 0 Å². The molecule has 0 aromatic heterocycles. The Hall–Kier alpha value is -0.120. The molecule has 3 unspecified atom stereocenters. The third kappa shape index (κ3) is 3.62. The Morgan fingerprint density at radius 1 is 1.14 bits per heavy atom. The number of nitrogens with one attached hydrogen (secondary N) is 1. The molecule has 0 bridgehead atoms. The average molecular weight is 295 g/mol. The van der Waals surface area contributed by atoms with Gasteiger partial charge in [-0.05, 0) is 58.3 Å². The third-order valence-electron chi connectivity index (χ3n) is 5.60. The molecule has 21 heavy (non-hydrogen) atoms. The maximum absolute atomic E-state index is 6.31. The first-order chi connectivity index (χ1) is 9.90. The fourth-order valence-electron chi connectivity index (χ4n) is 4.30. The smallest absolute Gasteiger partial charge is 0.0673 e. The van der Waals surface area contributed by atoms with Crippen LogP contribution in [-0.2, 0) is 9.47 Å². The summed E-state index contributed by atoms with van der Waals surface area (Å²) < 4.78 is 12.5. The number of rotatable bonds is 6. The van der Waals surface area contributed by atoms with Crippen LogP contribution in [0.5, 0.6) is 0 Å². The zero-order valence-electron chi connectivity index (χ0n) is 14.3. The van der Waals surface area contributed by atoms with Crippen molar-refractivity contribution in [3.63, 3.8) is 0 Å². The second-order valence-electron chi connectivity index (χ2n) is 8.52. The lowest BCUT2D eigenvalue weighted by molar-refractivity contribution is -0.0529. The quantitative estimate of drug-likeness (QED) is 0.813. The summed E-state index contributed by atoms with van der Waals surface area (Å²) in [6, 6.07) is 0.545. The van der Waals surface area contributed by atoms with E-state index in [1.807, 2.05) is 0 Å². The monoisotopic (exact) mass is 295 g/mol. The van der Waals surface area contributed by atoms with Crippen LogP contribution in [0.1, 0.15) is 66.2 Å². The van der Waals surface area contributed by atoms with Crippen LogP contribution in [0.4, 0.5) is 0 Å². The molecule has 3 nitrogen and oxygen atoms in total. The van der Waals surface area contributed by atoms with Crippen LogP contribution in [0.15, 0.2) is 0 Å². The van der Waals surface area contributed by atoms with Crippen LogP contribution in [-0.4, -0.2) is 37.0 Å². The summed E-state index contributed by atoms with van der Waals surface area (Å²) in [5, 5.41) is 3.70. The number of hydrogen-bond donors (Lipinski definition) is 1. The molecule has 0 spiro atoms. The first-order valence-corrected chi connectivity index (χ1v) is 8.93. The van der Waals surface area contributed by atoms with Crippen molar-refractivity contribution < 1.29 is 9.47 Å². The molecule has 0 radical (unpaired) electrons. The first-order valence-electron chi connectivity index (χ1n) is 8.93. The maximum Gasteiger partial charge on any atom is 0.0673 e. The molecule has 3 fully saturated rings. The van der Waals surface area contributed by atoms with E-state index in [0.29, 0.717) is 23.7 Å². The number of ether oxygens (including phenoxy) is 2. The standard InChI is InChI=1S/C18H33NO2/c1-13(2)19-12-18(9-10-20-16(18)14-5-6-14)11-15-7-8-17(3,4)21-15/h13-16,19H,5-12H2,1-4H3. The lowest BCUT2D eigenvalue weighted by atomic mass is 9.74. The van der Waals surface area contributed by atoms with Gasteiger partial charge in [-0.1, -0.05) is 13.8 Å². The van der Waals surface area contributed by atoms with Crippen molar-refractivity contribution in [3.8, 4) is 0 Å². The highest BCUT2D eigenvalue weighted by Gasteiger charge is 2.52. The zero-order chi connectivity index (χ0) is 15.1. The van der Waals surface area contributed by atoms with E-state index in [-0.39, 0.29) is 5.60 Å². The SMILES string of the molecule is CC(C)NCC1(CC2CCC(C)(C)O2)CCOC1C1CC1. The summed E-state index contributed by atoms with van der Waals surface area (Å²) in [6.45, 7) is 11.0. The summed E-state index contributed by atoms with van der Waals surface area (Å²) in [4.78, 5) is 0. The molecule has 122 valence electrons. The number of hydrogen-bond acceptors (Lipinski definition) is 3. The van der Waals surface area contributed by atoms with Gasteiger partial charge < -0.3 is 14.8 Å². The Labute approximate surface area is 130 Å². The highest BCUT2D eigenvalue weighted by atomic mass is 16.5. The molecule has 2 saturated heterocycles. The Kier molecular flexibility index (Phi) is 4.37. The van der Waals surface area contributed by atoms with Gasteiger partial charge in [0, 0.05) is 24.6 Å². The molecule has 1 N–H and O–H groups in total. The lowest BCUT2D eigenvalue weighted by Gasteiger charge is -2.37. The van der Waals surface area contributed by atoms with E-state index in [0.717, 1.165) is 19.1 Å². The predicted octanol–water partition coefficient (Wildman–Crippen LogP) is 3.52. The van der Waals surface area contributed by atoms with Gasteiger partial charge in [0.05, 0.1) is 17.8 Å². The molecule has 3 heteroatoms. The van der Waals surface area contributed by atoms with E-state index in [9.17, 15) is 0 Å². The molecule has 0 aromatic carbocycles. The fourth-order valence-corrected chi connectivity index (χ4v) is 4.30. The average Bonchev–Trinajstić information content (AvgIpc) is 3.07. The second-order valence-corrected chi connectivity index (χ2v) is 8.52. The van der Waals surface area contributed by atoms with E-state index in [2.05, 4.69) is 33.0 Å². The van der Waals surface area contributed by atoms with Gasteiger partial charge in [0.25, 0.3) is 0 Å². The third-order valence-corrected chi connectivity index (χ3v) is 5.60. The van der Waals surface area contributed by atoms with E-state index < -0.39 is 0 Å². The van der Waals surface area contributed by atoms with Crippen molar-refractivity contribution in [2.45, 2.75) is 90.1 Å². The van der Waals surface area contributed by atoms with Crippen molar-refractivity contribution in [2.24, 2.45) is 11.3 Å². The molecule has 0 aromatic rings. The van der Waals surface area contributed by atoms with E-state index >= 15 is 0 Å². The van der Waals surface area contributed by atoms with Gasteiger partial charge in [-0.15, -0.1) is 0 Å². The maximum atomic E-state index is 6.31. The van der Waals surface area contributed by atoms with Gasteiger partial charge in [0.2, 0.25) is 0 Å². The van der Waals surface area contributed by atoms with Gasteiger partial charge in [-0.25, -0.2) is 0 Å². The summed E-state index contributed by atoms with van der Waals surface area (Å²) in [5.41, 5.74) is 0.377. The van der Waals surface area contributed by atoms with Crippen molar-refractivity contribution in [3.05, 3.63) is 0 Å². The molecule has 2 aliphatic heterocycles. The first kappa shape index (κ1) is 15.8. The van der Waals surface area contributed by atoms with Crippen molar-refractivity contribution in [1.29, 1.82) is 0 Å². The lowest BCUT2D eigenvalue weighted by Crippen LogP contribution is -2.46. The summed E-state index contributed by atoms with van der Waals surface area (Å²) in [5.74, 6) is 0.816. The minimum atomic E-state index is 0.0753. The largest absolute Gasteiger partial charge is 0.377 e. The van der Waals surface area contributed by atoms with Crippen molar-refractivity contribution in [1.82, 2.24) is 5.32 Å². The van der Waals surface area contributed by atoms with Crippen LogP contribution in [0, 0.1) is 11.3 Å². The van der Waals surface area contributed by atoms with Crippen molar-refractivity contribution in [2.75, 3.05) is 13.2 Å². The molecule has 3 atom stereocenters. The molecular formula is C18H33NO2. The van der Waals surface area contributed by atoms with Gasteiger partial charge in [-0.3, -0.25) is 0 Å². The van der Waals surface area contributed by atoms with Gasteiger partial charge in [0.1, 0.15) is 0 Å². The Morgan fingerprint density at radius 3 is 2.48 bits per heavy atom. The van der Waals surface area contributed by atoms with Crippen LogP contribution >= 0.6 is 0 Å². The molecule has 1 saturated carbocycles. The van der Waals surface area contributed by atoms with Crippen LogP contribution < -0.4 is 5.32 Å². The van der Waals surface area contributed by atoms with Crippen LogP contribution in [0.2, 0.25) is 0 Å². The predicted molar refractivity (Wildman–Crippen MR) is 85.5 cm³/mol. The van der Waals surface area contributed by atoms with Crippen molar-refractivity contribution >= 4 is 0 Å². The fraction of sp³-hybridized carbons (Fsp3) is 1.00. The minimum Gasteiger partial charge on any atom is -0.377 e. The topological polar surface area (TPSA) is 30.5 Å². The zero-order valence-corrected chi connectivity index (χ0v) is 14.3. The molecule has 3 aliphatic rings. The van der Waals surface area contributed by atoms with E-state index in [1.54, 1.807) is 0 Å². The second kappa shape index (κ2) is 5.82. The summed E-state index contributed by atoms with van der Waals surface area (Å²) in [7, 11) is 0.